The molecule has 0 radical (unpaired) electrons. The van der Waals surface area contributed by atoms with E-state index < -0.39 is 0 Å². The van der Waals surface area contributed by atoms with Gasteiger partial charge in [0.1, 0.15) is 0 Å². The number of pyridine rings is 1. The van der Waals surface area contributed by atoms with Gasteiger partial charge in [0.2, 0.25) is 0 Å². The van der Waals surface area contributed by atoms with E-state index in [2.05, 4.69) is 17.1 Å². The van der Waals surface area contributed by atoms with Gasteiger partial charge in [0.25, 0.3) is 5.91 Å². The molecule has 3 aromatic rings. The summed E-state index contributed by atoms with van der Waals surface area (Å²) in [5.41, 5.74) is 4.28. The number of aromatic nitrogens is 1. The molecule has 0 spiro atoms. The standard InChI is InChI=1S/C25H24N2O2/c1-18-23(10-5-15-26-18)25(29)27-16-6-9-22(17-27)24(28)21-13-11-20(12-14-21)19-7-3-2-4-8-19/h2-5,7-8,10-15,22H,6,9,16-17H2,1H3. The number of Topliss-reactive ketones (excluding diaryl/α,β-unsaturated/α-hetero) is 1. The normalized spacial score (nSPS) is 16.4. The number of amides is 1. The third-order valence-electron chi connectivity index (χ3n) is 5.59. The van der Waals surface area contributed by atoms with Crippen LogP contribution >= 0.6 is 0 Å². The van der Waals surface area contributed by atoms with Crippen LogP contribution in [0.3, 0.4) is 0 Å². The van der Waals surface area contributed by atoms with Crippen molar-refractivity contribution in [3.8, 4) is 11.1 Å². The van der Waals surface area contributed by atoms with Crippen molar-refractivity contribution in [2.24, 2.45) is 5.92 Å². The highest BCUT2D eigenvalue weighted by molar-refractivity contribution is 6.00. The molecule has 1 aromatic heterocycles. The second kappa shape index (κ2) is 8.39. The van der Waals surface area contributed by atoms with Gasteiger partial charge in [-0.1, -0.05) is 54.6 Å². The lowest BCUT2D eigenvalue weighted by Gasteiger charge is -2.32. The number of ketones is 1. The zero-order chi connectivity index (χ0) is 20.2. The number of carbonyl (C=O) groups excluding carboxylic acids is 2. The first kappa shape index (κ1) is 19.1. The Kier molecular flexibility index (Phi) is 5.52. The smallest absolute Gasteiger partial charge is 0.255 e. The maximum atomic E-state index is 13.1. The van der Waals surface area contributed by atoms with E-state index in [-0.39, 0.29) is 17.6 Å². The van der Waals surface area contributed by atoms with Gasteiger partial charge in [-0.3, -0.25) is 14.6 Å². The van der Waals surface area contributed by atoms with E-state index in [0.29, 0.717) is 24.2 Å². The summed E-state index contributed by atoms with van der Waals surface area (Å²) >= 11 is 0. The Morgan fingerprint density at radius 1 is 0.931 bits per heavy atom. The monoisotopic (exact) mass is 384 g/mol. The van der Waals surface area contributed by atoms with E-state index in [1.54, 1.807) is 23.2 Å². The molecule has 1 saturated heterocycles. The Morgan fingerprint density at radius 3 is 2.38 bits per heavy atom. The van der Waals surface area contributed by atoms with E-state index in [0.717, 1.165) is 29.7 Å². The Hall–Kier alpha value is -3.27. The molecule has 2 aromatic carbocycles. The predicted octanol–water partition coefficient (Wildman–Crippen LogP) is 4.79. The number of rotatable bonds is 4. The van der Waals surface area contributed by atoms with Gasteiger partial charge in [0, 0.05) is 36.5 Å². The van der Waals surface area contributed by atoms with Crippen LogP contribution in [0, 0.1) is 12.8 Å². The Balaban J connectivity index is 1.47. The minimum Gasteiger partial charge on any atom is -0.338 e. The number of aryl methyl sites for hydroxylation is 1. The molecule has 1 aliphatic rings. The van der Waals surface area contributed by atoms with Crippen LogP contribution in [0.15, 0.2) is 72.9 Å². The first-order valence-electron chi connectivity index (χ1n) is 10.0. The van der Waals surface area contributed by atoms with Crippen LogP contribution in [-0.2, 0) is 0 Å². The van der Waals surface area contributed by atoms with Gasteiger partial charge in [0.05, 0.1) is 5.56 Å². The maximum Gasteiger partial charge on any atom is 0.255 e. The van der Waals surface area contributed by atoms with E-state index >= 15 is 0 Å². The molecule has 29 heavy (non-hydrogen) atoms. The van der Waals surface area contributed by atoms with Gasteiger partial charge < -0.3 is 4.90 Å². The second-order valence-electron chi connectivity index (χ2n) is 7.53. The predicted molar refractivity (Wildman–Crippen MR) is 114 cm³/mol. The van der Waals surface area contributed by atoms with E-state index in [1.165, 1.54) is 0 Å². The first-order valence-corrected chi connectivity index (χ1v) is 10.0. The van der Waals surface area contributed by atoms with Gasteiger partial charge in [-0.05, 0) is 43.0 Å². The highest BCUT2D eigenvalue weighted by Gasteiger charge is 2.30. The number of hydrogen-bond donors (Lipinski definition) is 0. The van der Waals surface area contributed by atoms with Crippen LogP contribution in [0.25, 0.3) is 11.1 Å². The largest absolute Gasteiger partial charge is 0.338 e. The average Bonchev–Trinajstić information content (AvgIpc) is 2.79. The van der Waals surface area contributed by atoms with Crippen LogP contribution in [0.4, 0.5) is 0 Å². The SMILES string of the molecule is Cc1ncccc1C(=O)N1CCCC(C(=O)c2ccc(-c3ccccc3)cc2)C1. The molecule has 1 unspecified atom stereocenters. The summed E-state index contributed by atoms with van der Waals surface area (Å²) in [6.45, 7) is 2.99. The fourth-order valence-electron chi connectivity index (χ4n) is 3.95. The average molecular weight is 384 g/mol. The molecule has 1 aliphatic heterocycles. The summed E-state index contributed by atoms with van der Waals surface area (Å²) in [5.74, 6) is -0.0789. The Labute approximate surface area is 171 Å². The molecule has 0 aliphatic carbocycles. The molecule has 1 atom stereocenters. The van der Waals surface area contributed by atoms with E-state index in [4.69, 9.17) is 0 Å². The van der Waals surface area contributed by atoms with Crippen molar-refractivity contribution >= 4 is 11.7 Å². The van der Waals surface area contributed by atoms with Crippen molar-refractivity contribution in [2.75, 3.05) is 13.1 Å². The van der Waals surface area contributed by atoms with Crippen LogP contribution in [0.1, 0.15) is 39.3 Å². The molecule has 0 bridgehead atoms. The lowest BCUT2D eigenvalue weighted by molar-refractivity contribution is 0.0636. The lowest BCUT2D eigenvalue weighted by Crippen LogP contribution is -2.42. The van der Waals surface area contributed by atoms with Gasteiger partial charge >= 0.3 is 0 Å². The molecular weight excluding hydrogens is 360 g/mol. The number of nitrogens with zero attached hydrogens (tertiary/aromatic N) is 2. The molecular formula is C25H24N2O2. The van der Waals surface area contributed by atoms with Crippen molar-refractivity contribution in [1.82, 2.24) is 9.88 Å². The minimum absolute atomic E-state index is 0.0347. The van der Waals surface area contributed by atoms with Gasteiger partial charge in [-0.2, -0.15) is 0 Å². The summed E-state index contributed by atoms with van der Waals surface area (Å²) in [6.07, 6.45) is 3.34. The number of likely N-dealkylation sites (tertiary alicyclic amines) is 1. The summed E-state index contributed by atoms with van der Waals surface area (Å²) in [4.78, 5) is 32.0. The zero-order valence-corrected chi connectivity index (χ0v) is 16.5. The number of piperidine rings is 1. The number of hydrogen-bond acceptors (Lipinski definition) is 3. The first-order chi connectivity index (χ1) is 14.1. The summed E-state index contributed by atoms with van der Waals surface area (Å²) < 4.78 is 0. The van der Waals surface area contributed by atoms with Gasteiger partial charge in [-0.15, -0.1) is 0 Å². The molecule has 4 rings (SSSR count). The van der Waals surface area contributed by atoms with E-state index in [1.807, 2.05) is 49.4 Å². The molecule has 146 valence electrons. The second-order valence-corrected chi connectivity index (χ2v) is 7.53. The quantitative estimate of drug-likeness (QED) is 0.608. The lowest BCUT2D eigenvalue weighted by atomic mass is 9.89. The Bertz CT molecular complexity index is 1010. The Morgan fingerprint density at radius 2 is 1.66 bits per heavy atom. The summed E-state index contributed by atoms with van der Waals surface area (Å²) in [7, 11) is 0. The van der Waals surface area contributed by atoms with Gasteiger partial charge in [-0.25, -0.2) is 0 Å². The van der Waals surface area contributed by atoms with Crippen molar-refractivity contribution in [2.45, 2.75) is 19.8 Å². The molecule has 0 N–H and O–H groups in total. The van der Waals surface area contributed by atoms with Crippen molar-refractivity contribution in [1.29, 1.82) is 0 Å². The zero-order valence-electron chi connectivity index (χ0n) is 16.5. The molecule has 1 amide bonds. The van der Waals surface area contributed by atoms with Gasteiger partial charge in [0.15, 0.2) is 5.78 Å². The fraction of sp³-hybridized carbons (Fsp3) is 0.240. The molecule has 4 heteroatoms. The van der Waals surface area contributed by atoms with Crippen LogP contribution < -0.4 is 0 Å². The molecule has 2 heterocycles. The number of carbonyl (C=O) groups is 2. The molecule has 0 saturated carbocycles. The van der Waals surface area contributed by atoms with Crippen LogP contribution in [-0.4, -0.2) is 34.7 Å². The molecule has 4 nitrogen and oxygen atoms in total. The summed E-state index contributed by atoms with van der Waals surface area (Å²) in [5, 5.41) is 0. The van der Waals surface area contributed by atoms with E-state index in [9.17, 15) is 9.59 Å². The van der Waals surface area contributed by atoms with Crippen LogP contribution in [0.5, 0.6) is 0 Å². The fourth-order valence-corrected chi connectivity index (χ4v) is 3.95. The maximum absolute atomic E-state index is 13.1. The summed E-state index contributed by atoms with van der Waals surface area (Å²) in [6, 6.07) is 21.5. The topological polar surface area (TPSA) is 50.3 Å². The third-order valence-corrected chi connectivity index (χ3v) is 5.59. The van der Waals surface area contributed by atoms with Crippen LogP contribution in [0.2, 0.25) is 0 Å². The minimum atomic E-state index is -0.160. The molecule has 1 fully saturated rings. The highest BCUT2D eigenvalue weighted by Crippen LogP contribution is 2.25. The highest BCUT2D eigenvalue weighted by atomic mass is 16.2. The number of benzene rings is 2. The van der Waals surface area contributed by atoms with Crippen molar-refractivity contribution < 1.29 is 9.59 Å². The van der Waals surface area contributed by atoms with Crippen molar-refractivity contribution in [3.63, 3.8) is 0 Å². The third kappa shape index (κ3) is 4.11. The van der Waals surface area contributed by atoms with Crippen molar-refractivity contribution in [3.05, 3.63) is 89.7 Å².